The molecule has 1 aliphatic rings. The summed E-state index contributed by atoms with van der Waals surface area (Å²) < 4.78 is 98.5. The molecule has 0 spiro atoms. The SMILES string of the molecule is O=C(Nc1ccc(S(=O)(=O)Nc2cccc(C(F)(F)F)c2)cc1)c1cc(S(=O)(=O)N2CCOCC2)ccc1Cl. The summed E-state index contributed by atoms with van der Waals surface area (Å²) in [4.78, 5) is 12.5. The molecule has 1 aliphatic heterocycles. The molecule has 0 saturated carbocycles. The van der Waals surface area contributed by atoms with E-state index in [4.69, 9.17) is 16.3 Å². The van der Waals surface area contributed by atoms with E-state index in [0.29, 0.717) is 6.07 Å². The number of sulfonamides is 2. The van der Waals surface area contributed by atoms with Crippen LogP contribution < -0.4 is 10.0 Å². The van der Waals surface area contributed by atoms with Crippen molar-refractivity contribution in [3.8, 4) is 0 Å². The molecule has 208 valence electrons. The molecule has 1 amide bonds. The second-order valence-corrected chi connectivity index (χ2v) is 12.3. The monoisotopic (exact) mass is 603 g/mol. The Morgan fingerprint density at radius 1 is 0.872 bits per heavy atom. The highest BCUT2D eigenvalue weighted by Crippen LogP contribution is 2.31. The average Bonchev–Trinajstić information content (AvgIpc) is 2.89. The van der Waals surface area contributed by atoms with Gasteiger partial charge in [0.15, 0.2) is 0 Å². The lowest BCUT2D eigenvalue weighted by Crippen LogP contribution is -2.40. The normalized spacial score (nSPS) is 15.1. The minimum absolute atomic E-state index is 0.00193. The van der Waals surface area contributed by atoms with Gasteiger partial charge in [0, 0.05) is 24.5 Å². The highest BCUT2D eigenvalue weighted by atomic mass is 35.5. The molecule has 0 atom stereocenters. The Hall–Kier alpha value is -3.17. The van der Waals surface area contributed by atoms with Crippen molar-refractivity contribution in [3.05, 3.63) is 82.9 Å². The Kier molecular flexibility index (Phi) is 8.23. The Morgan fingerprint density at radius 3 is 2.15 bits per heavy atom. The van der Waals surface area contributed by atoms with E-state index in [9.17, 15) is 34.8 Å². The summed E-state index contributed by atoms with van der Waals surface area (Å²) in [5.74, 6) is -0.739. The number of nitrogens with one attached hydrogen (secondary N) is 2. The predicted octanol–water partition coefficient (Wildman–Crippen LogP) is 4.43. The van der Waals surface area contributed by atoms with Gasteiger partial charge in [0.1, 0.15) is 0 Å². The minimum atomic E-state index is -4.64. The molecule has 1 fully saturated rings. The van der Waals surface area contributed by atoms with E-state index in [-0.39, 0.29) is 58.1 Å². The Balaban J connectivity index is 1.49. The summed E-state index contributed by atoms with van der Waals surface area (Å²) in [6, 6.07) is 12.3. The first-order valence-corrected chi connectivity index (χ1v) is 14.6. The summed E-state index contributed by atoms with van der Waals surface area (Å²) in [5, 5.41) is 2.52. The van der Waals surface area contributed by atoms with Crippen LogP contribution in [0, 0.1) is 0 Å². The Labute approximate surface area is 227 Å². The molecule has 15 heteroatoms. The van der Waals surface area contributed by atoms with Crippen molar-refractivity contribution in [1.29, 1.82) is 0 Å². The quantitative estimate of drug-likeness (QED) is 0.412. The number of hydrogen-bond acceptors (Lipinski definition) is 6. The van der Waals surface area contributed by atoms with Gasteiger partial charge in [-0.1, -0.05) is 17.7 Å². The molecule has 3 aromatic rings. The number of carbonyl (C=O) groups is 1. The number of rotatable bonds is 7. The number of halogens is 4. The number of alkyl halides is 3. The number of ether oxygens (including phenoxy) is 1. The van der Waals surface area contributed by atoms with Crippen LogP contribution in [-0.4, -0.2) is 53.4 Å². The number of amides is 1. The predicted molar refractivity (Wildman–Crippen MR) is 138 cm³/mol. The molecule has 9 nitrogen and oxygen atoms in total. The highest BCUT2D eigenvalue weighted by Gasteiger charge is 2.31. The standard InChI is InChI=1S/C24H21ClF3N3O6S2/c25-22-9-8-20(39(35,36)31-10-12-37-13-11-31)15-21(22)23(32)29-17-4-6-19(7-5-17)38(33,34)30-18-3-1-2-16(14-18)24(26,27)28/h1-9,14-15,30H,10-13H2,(H,29,32). The van der Waals surface area contributed by atoms with Gasteiger partial charge < -0.3 is 10.1 Å². The number of benzene rings is 3. The lowest BCUT2D eigenvalue weighted by Gasteiger charge is -2.26. The van der Waals surface area contributed by atoms with Gasteiger partial charge in [-0.25, -0.2) is 16.8 Å². The van der Waals surface area contributed by atoms with E-state index in [1.165, 1.54) is 34.6 Å². The van der Waals surface area contributed by atoms with E-state index >= 15 is 0 Å². The second kappa shape index (κ2) is 11.1. The van der Waals surface area contributed by atoms with Crippen molar-refractivity contribution < 1.29 is 39.5 Å². The van der Waals surface area contributed by atoms with Crippen molar-refractivity contribution in [2.75, 3.05) is 36.3 Å². The van der Waals surface area contributed by atoms with Gasteiger partial charge in [0.05, 0.1) is 39.2 Å². The smallest absolute Gasteiger partial charge is 0.379 e. The third kappa shape index (κ3) is 6.70. The Bertz CT molecular complexity index is 1590. The zero-order chi connectivity index (χ0) is 28.4. The maximum absolute atomic E-state index is 12.9. The van der Waals surface area contributed by atoms with Crippen LogP contribution in [0.3, 0.4) is 0 Å². The zero-order valence-corrected chi connectivity index (χ0v) is 22.3. The summed E-state index contributed by atoms with van der Waals surface area (Å²) in [5.41, 5.74) is -1.24. The molecule has 0 aromatic heterocycles. The van der Waals surface area contributed by atoms with E-state index < -0.39 is 37.7 Å². The summed E-state index contributed by atoms with van der Waals surface area (Å²) >= 11 is 6.15. The molecule has 39 heavy (non-hydrogen) atoms. The van der Waals surface area contributed by atoms with E-state index in [1.54, 1.807) is 0 Å². The van der Waals surface area contributed by atoms with Crippen LogP contribution in [0.5, 0.6) is 0 Å². The van der Waals surface area contributed by atoms with Gasteiger partial charge in [-0.05, 0) is 60.7 Å². The molecule has 4 rings (SSSR count). The maximum atomic E-state index is 12.9. The highest BCUT2D eigenvalue weighted by molar-refractivity contribution is 7.92. The van der Waals surface area contributed by atoms with Gasteiger partial charge in [-0.15, -0.1) is 0 Å². The largest absolute Gasteiger partial charge is 0.416 e. The molecule has 3 aromatic carbocycles. The lowest BCUT2D eigenvalue weighted by molar-refractivity contribution is -0.137. The van der Waals surface area contributed by atoms with Gasteiger partial charge in [0.2, 0.25) is 10.0 Å². The third-order valence-corrected chi connectivity index (χ3v) is 9.28. The fourth-order valence-corrected chi connectivity index (χ4v) is 6.35. The number of anilines is 2. The van der Waals surface area contributed by atoms with Crippen molar-refractivity contribution in [1.82, 2.24) is 4.31 Å². The zero-order valence-electron chi connectivity index (χ0n) is 19.9. The molecule has 0 radical (unpaired) electrons. The molecule has 0 bridgehead atoms. The minimum Gasteiger partial charge on any atom is -0.379 e. The van der Waals surface area contributed by atoms with E-state index in [1.807, 2.05) is 0 Å². The molecule has 0 unspecified atom stereocenters. The van der Waals surface area contributed by atoms with Gasteiger partial charge in [0.25, 0.3) is 15.9 Å². The number of morpholine rings is 1. The van der Waals surface area contributed by atoms with Crippen molar-refractivity contribution in [2.45, 2.75) is 16.0 Å². The number of nitrogens with zero attached hydrogens (tertiary/aromatic N) is 1. The molecular formula is C24H21ClF3N3O6S2. The lowest BCUT2D eigenvalue weighted by atomic mass is 10.2. The summed E-state index contributed by atoms with van der Waals surface area (Å²) in [6.07, 6.45) is -4.64. The van der Waals surface area contributed by atoms with Gasteiger partial charge >= 0.3 is 6.18 Å². The maximum Gasteiger partial charge on any atom is 0.416 e. The fourth-order valence-electron chi connectivity index (χ4n) is 3.66. The van der Waals surface area contributed by atoms with Crippen LogP contribution in [0.15, 0.2) is 76.5 Å². The first kappa shape index (κ1) is 28.8. The van der Waals surface area contributed by atoms with E-state index in [0.717, 1.165) is 30.3 Å². The number of hydrogen-bond donors (Lipinski definition) is 2. The van der Waals surface area contributed by atoms with Crippen molar-refractivity contribution >= 4 is 48.9 Å². The fraction of sp³-hybridized carbons (Fsp3) is 0.208. The first-order valence-electron chi connectivity index (χ1n) is 11.3. The van der Waals surface area contributed by atoms with Crippen LogP contribution >= 0.6 is 11.6 Å². The summed E-state index contributed by atoms with van der Waals surface area (Å²) in [6.45, 7) is 0.845. The second-order valence-electron chi connectivity index (χ2n) is 8.32. The van der Waals surface area contributed by atoms with Crippen LogP contribution in [0.2, 0.25) is 5.02 Å². The van der Waals surface area contributed by atoms with Crippen molar-refractivity contribution in [2.24, 2.45) is 0 Å². The first-order chi connectivity index (χ1) is 18.3. The topological polar surface area (TPSA) is 122 Å². The van der Waals surface area contributed by atoms with Gasteiger partial charge in [-0.3, -0.25) is 9.52 Å². The Morgan fingerprint density at radius 2 is 1.51 bits per heavy atom. The van der Waals surface area contributed by atoms with E-state index in [2.05, 4.69) is 10.0 Å². The van der Waals surface area contributed by atoms with Crippen molar-refractivity contribution in [3.63, 3.8) is 0 Å². The number of carbonyl (C=O) groups excluding carboxylic acids is 1. The molecule has 1 saturated heterocycles. The van der Waals surface area contributed by atoms with Crippen LogP contribution in [0.1, 0.15) is 15.9 Å². The summed E-state index contributed by atoms with van der Waals surface area (Å²) in [7, 11) is -8.13. The molecule has 0 aliphatic carbocycles. The van der Waals surface area contributed by atoms with Gasteiger partial charge in [-0.2, -0.15) is 17.5 Å². The molecule has 2 N–H and O–H groups in total. The third-order valence-electron chi connectivity index (χ3n) is 5.65. The van der Waals surface area contributed by atoms with Crippen LogP contribution in [0.4, 0.5) is 24.5 Å². The average molecular weight is 604 g/mol. The molecule has 1 heterocycles. The van der Waals surface area contributed by atoms with Crippen LogP contribution in [-0.2, 0) is 31.0 Å². The molecular weight excluding hydrogens is 583 g/mol. The van der Waals surface area contributed by atoms with Crippen LogP contribution in [0.25, 0.3) is 0 Å².